The number of aliphatic hydroxyl groups excluding tert-OH is 1. The van der Waals surface area contributed by atoms with Crippen LogP contribution in [-0.2, 0) is 12.8 Å². The molecule has 0 aliphatic carbocycles. The fraction of sp³-hybridized carbons (Fsp3) is 0.182. The van der Waals surface area contributed by atoms with Crippen LogP contribution in [0.4, 0.5) is 13.2 Å². The van der Waals surface area contributed by atoms with Crippen LogP contribution < -0.4 is 0 Å². The van der Waals surface area contributed by atoms with Crippen molar-refractivity contribution in [2.24, 2.45) is 0 Å². The average Bonchev–Trinajstić information content (AvgIpc) is 2.75. The molecule has 96 valence electrons. The maximum atomic E-state index is 12.6. The standard InChI is InChI=1S/C11H8ClF3N2O/c12-8-3-7(11(13,14)15)4-10(5-8)17-2-1-9(6-18)16-17/h1-5,18H,6H2. The number of nitrogens with zero attached hydrogens (tertiary/aromatic N) is 2. The second kappa shape index (κ2) is 4.62. The van der Waals surface area contributed by atoms with Gasteiger partial charge in [0.05, 0.1) is 23.6 Å². The van der Waals surface area contributed by atoms with Crippen molar-refractivity contribution >= 4 is 11.6 Å². The average molecular weight is 277 g/mol. The number of aliphatic hydroxyl groups is 1. The summed E-state index contributed by atoms with van der Waals surface area (Å²) in [5, 5.41) is 12.7. The molecule has 0 atom stereocenters. The molecule has 0 saturated carbocycles. The third-order valence-electron chi connectivity index (χ3n) is 2.28. The van der Waals surface area contributed by atoms with Crippen molar-refractivity contribution in [1.29, 1.82) is 0 Å². The summed E-state index contributed by atoms with van der Waals surface area (Å²) in [6, 6.07) is 4.67. The van der Waals surface area contributed by atoms with Crippen LogP contribution in [0.2, 0.25) is 5.02 Å². The maximum Gasteiger partial charge on any atom is 0.416 e. The quantitative estimate of drug-likeness (QED) is 0.915. The molecule has 3 nitrogen and oxygen atoms in total. The lowest BCUT2D eigenvalue weighted by atomic mass is 10.2. The topological polar surface area (TPSA) is 38.0 Å². The fourth-order valence-electron chi connectivity index (χ4n) is 1.46. The summed E-state index contributed by atoms with van der Waals surface area (Å²) in [5.41, 5.74) is -0.288. The van der Waals surface area contributed by atoms with E-state index >= 15 is 0 Å². The molecule has 2 aromatic rings. The van der Waals surface area contributed by atoms with E-state index in [9.17, 15) is 13.2 Å². The Hall–Kier alpha value is -1.53. The molecule has 0 bridgehead atoms. The van der Waals surface area contributed by atoms with Crippen molar-refractivity contribution in [2.75, 3.05) is 0 Å². The van der Waals surface area contributed by atoms with E-state index in [1.54, 1.807) is 0 Å². The molecule has 2 rings (SSSR count). The number of hydrogen-bond donors (Lipinski definition) is 1. The Bertz CT molecular complexity index is 566. The summed E-state index contributed by atoms with van der Waals surface area (Å²) in [6.07, 6.45) is -3.01. The van der Waals surface area contributed by atoms with E-state index in [0.29, 0.717) is 5.69 Å². The van der Waals surface area contributed by atoms with Gasteiger partial charge in [-0.1, -0.05) is 11.6 Å². The molecular weight excluding hydrogens is 269 g/mol. The number of benzene rings is 1. The van der Waals surface area contributed by atoms with Crippen molar-refractivity contribution in [2.45, 2.75) is 12.8 Å². The third-order valence-corrected chi connectivity index (χ3v) is 2.50. The van der Waals surface area contributed by atoms with E-state index in [-0.39, 0.29) is 17.3 Å². The minimum atomic E-state index is -4.47. The first-order valence-electron chi connectivity index (χ1n) is 4.94. The van der Waals surface area contributed by atoms with Crippen LogP contribution >= 0.6 is 11.6 Å². The molecule has 18 heavy (non-hydrogen) atoms. The highest BCUT2D eigenvalue weighted by Crippen LogP contribution is 2.32. The Balaban J connectivity index is 2.48. The van der Waals surface area contributed by atoms with E-state index in [4.69, 9.17) is 16.7 Å². The molecule has 0 fully saturated rings. The van der Waals surface area contributed by atoms with Crippen molar-refractivity contribution in [3.05, 3.63) is 46.7 Å². The molecule has 1 aromatic carbocycles. The van der Waals surface area contributed by atoms with Gasteiger partial charge in [0.1, 0.15) is 0 Å². The molecule has 0 amide bonds. The molecule has 1 aromatic heterocycles. The van der Waals surface area contributed by atoms with Gasteiger partial charge >= 0.3 is 6.18 Å². The molecule has 0 aliphatic rings. The summed E-state index contributed by atoms with van der Waals surface area (Å²) in [5.74, 6) is 0. The highest BCUT2D eigenvalue weighted by Gasteiger charge is 2.31. The Morgan fingerprint density at radius 2 is 2.00 bits per heavy atom. The van der Waals surface area contributed by atoms with Gasteiger partial charge in [-0.05, 0) is 24.3 Å². The molecule has 1 N–H and O–H groups in total. The first-order chi connectivity index (χ1) is 8.40. The summed E-state index contributed by atoms with van der Waals surface area (Å²) in [6.45, 7) is -0.278. The fourth-order valence-corrected chi connectivity index (χ4v) is 1.69. The van der Waals surface area contributed by atoms with Crippen LogP contribution in [-0.4, -0.2) is 14.9 Å². The van der Waals surface area contributed by atoms with Gasteiger partial charge in [-0.2, -0.15) is 18.3 Å². The summed E-state index contributed by atoms with van der Waals surface area (Å²) in [7, 11) is 0. The summed E-state index contributed by atoms with van der Waals surface area (Å²) >= 11 is 5.66. The van der Waals surface area contributed by atoms with E-state index in [1.165, 1.54) is 23.0 Å². The highest BCUT2D eigenvalue weighted by molar-refractivity contribution is 6.30. The minimum absolute atomic E-state index is 0.0270. The highest BCUT2D eigenvalue weighted by atomic mass is 35.5. The maximum absolute atomic E-state index is 12.6. The lowest BCUT2D eigenvalue weighted by Crippen LogP contribution is -2.06. The van der Waals surface area contributed by atoms with Crippen LogP contribution in [0, 0.1) is 0 Å². The monoisotopic (exact) mass is 276 g/mol. The second-order valence-electron chi connectivity index (χ2n) is 3.61. The van der Waals surface area contributed by atoms with Crippen molar-refractivity contribution < 1.29 is 18.3 Å². The summed E-state index contributed by atoms with van der Waals surface area (Å²) < 4.78 is 39.0. The van der Waals surface area contributed by atoms with Gasteiger partial charge in [-0.15, -0.1) is 0 Å². The zero-order valence-corrected chi connectivity index (χ0v) is 9.70. The zero-order chi connectivity index (χ0) is 13.3. The van der Waals surface area contributed by atoms with E-state index in [1.807, 2.05) is 0 Å². The largest absolute Gasteiger partial charge is 0.416 e. The molecule has 0 saturated heterocycles. The van der Waals surface area contributed by atoms with E-state index < -0.39 is 11.7 Å². The molecule has 0 aliphatic heterocycles. The normalized spacial score (nSPS) is 11.8. The predicted octanol–water partition coefficient (Wildman–Crippen LogP) is 3.04. The predicted molar refractivity (Wildman–Crippen MR) is 59.5 cm³/mol. The third kappa shape index (κ3) is 2.65. The van der Waals surface area contributed by atoms with E-state index in [0.717, 1.165) is 12.1 Å². The van der Waals surface area contributed by atoms with Crippen LogP contribution in [0.1, 0.15) is 11.3 Å². The van der Waals surface area contributed by atoms with E-state index in [2.05, 4.69) is 5.10 Å². The lowest BCUT2D eigenvalue weighted by Gasteiger charge is -2.09. The molecule has 7 heteroatoms. The Labute approximate surface area is 105 Å². The number of hydrogen-bond acceptors (Lipinski definition) is 2. The van der Waals surface area contributed by atoms with Crippen LogP contribution in [0.25, 0.3) is 5.69 Å². The zero-order valence-electron chi connectivity index (χ0n) is 8.95. The lowest BCUT2D eigenvalue weighted by molar-refractivity contribution is -0.137. The SMILES string of the molecule is OCc1ccn(-c2cc(Cl)cc(C(F)(F)F)c2)n1. The summed E-state index contributed by atoms with van der Waals surface area (Å²) in [4.78, 5) is 0. The first kappa shape index (κ1) is 12.9. The number of rotatable bonds is 2. The van der Waals surface area contributed by atoms with Gasteiger partial charge in [-0.25, -0.2) is 4.68 Å². The van der Waals surface area contributed by atoms with Gasteiger partial charge in [0, 0.05) is 11.2 Å². The number of halogens is 4. The Morgan fingerprint density at radius 1 is 1.28 bits per heavy atom. The van der Waals surface area contributed by atoms with Crippen LogP contribution in [0.3, 0.4) is 0 Å². The smallest absolute Gasteiger partial charge is 0.390 e. The first-order valence-corrected chi connectivity index (χ1v) is 5.31. The Morgan fingerprint density at radius 3 is 2.56 bits per heavy atom. The van der Waals surface area contributed by atoms with Crippen LogP contribution in [0.15, 0.2) is 30.5 Å². The second-order valence-corrected chi connectivity index (χ2v) is 4.04. The Kier molecular flexibility index (Phi) is 3.32. The van der Waals surface area contributed by atoms with Gasteiger partial charge in [0.2, 0.25) is 0 Å². The van der Waals surface area contributed by atoms with Crippen molar-refractivity contribution in [3.8, 4) is 5.69 Å². The van der Waals surface area contributed by atoms with Gasteiger partial charge in [0.15, 0.2) is 0 Å². The number of alkyl halides is 3. The number of aromatic nitrogens is 2. The van der Waals surface area contributed by atoms with Gasteiger partial charge < -0.3 is 5.11 Å². The molecular formula is C11H8ClF3N2O. The van der Waals surface area contributed by atoms with Gasteiger partial charge in [-0.3, -0.25) is 0 Å². The van der Waals surface area contributed by atoms with Crippen molar-refractivity contribution in [3.63, 3.8) is 0 Å². The molecule has 0 spiro atoms. The molecule has 0 unspecified atom stereocenters. The van der Waals surface area contributed by atoms with Crippen molar-refractivity contribution in [1.82, 2.24) is 9.78 Å². The van der Waals surface area contributed by atoms with Crippen LogP contribution in [0.5, 0.6) is 0 Å². The molecule has 0 radical (unpaired) electrons. The molecule has 1 heterocycles. The van der Waals surface area contributed by atoms with Gasteiger partial charge in [0.25, 0.3) is 0 Å². The minimum Gasteiger partial charge on any atom is -0.390 e.